The first-order valence-corrected chi connectivity index (χ1v) is 9.55. The SMILES string of the molecule is CC(=O)NC(CC(=O)NCCCn1c(C)nc2ccccc21)c1ccccc1. The van der Waals surface area contributed by atoms with E-state index in [1.807, 2.05) is 55.5 Å². The van der Waals surface area contributed by atoms with E-state index in [1.165, 1.54) is 6.92 Å². The first kappa shape index (κ1) is 19.6. The number of aryl methyl sites for hydroxylation is 2. The molecule has 6 heteroatoms. The van der Waals surface area contributed by atoms with E-state index in [2.05, 4.69) is 26.3 Å². The number of nitrogens with zero attached hydrogens (tertiary/aromatic N) is 2. The van der Waals surface area contributed by atoms with E-state index in [4.69, 9.17) is 0 Å². The quantitative estimate of drug-likeness (QED) is 0.591. The van der Waals surface area contributed by atoms with Crippen molar-refractivity contribution in [3.05, 3.63) is 66.0 Å². The number of aromatic nitrogens is 2. The third-order valence-electron chi connectivity index (χ3n) is 4.70. The molecule has 0 fully saturated rings. The first-order chi connectivity index (χ1) is 13.5. The standard InChI is InChI=1S/C22H26N4O2/c1-16-24-19-11-6-7-12-21(19)26(16)14-8-13-23-22(28)15-20(25-17(2)27)18-9-4-3-5-10-18/h3-7,9-12,20H,8,13-15H2,1-2H3,(H,23,28)(H,25,27). The van der Waals surface area contributed by atoms with Gasteiger partial charge < -0.3 is 15.2 Å². The Morgan fingerprint density at radius 3 is 2.54 bits per heavy atom. The molecule has 6 nitrogen and oxygen atoms in total. The van der Waals surface area contributed by atoms with Crippen LogP contribution in [0.2, 0.25) is 0 Å². The number of carbonyl (C=O) groups excluding carboxylic acids is 2. The van der Waals surface area contributed by atoms with Gasteiger partial charge in [-0.05, 0) is 31.0 Å². The molecular formula is C22H26N4O2. The van der Waals surface area contributed by atoms with Crippen LogP contribution in [0.3, 0.4) is 0 Å². The van der Waals surface area contributed by atoms with Crippen LogP contribution in [0.5, 0.6) is 0 Å². The Kier molecular flexibility index (Phi) is 6.42. The monoisotopic (exact) mass is 378 g/mol. The fourth-order valence-electron chi connectivity index (χ4n) is 3.38. The molecule has 0 spiro atoms. The van der Waals surface area contributed by atoms with E-state index in [1.54, 1.807) is 0 Å². The number of para-hydroxylation sites is 2. The van der Waals surface area contributed by atoms with Crippen molar-refractivity contribution in [2.45, 2.75) is 39.3 Å². The molecule has 2 aromatic carbocycles. The number of hydrogen-bond donors (Lipinski definition) is 2. The van der Waals surface area contributed by atoms with Gasteiger partial charge in [0.25, 0.3) is 0 Å². The van der Waals surface area contributed by atoms with Crippen LogP contribution in [0.4, 0.5) is 0 Å². The summed E-state index contributed by atoms with van der Waals surface area (Å²) in [4.78, 5) is 28.4. The van der Waals surface area contributed by atoms with Crippen molar-refractivity contribution in [2.75, 3.05) is 6.54 Å². The second-order valence-corrected chi connectivity index (χ2v) is 6.87. The van der Waals surface area contributed by atoms with Crippen molar-refractivity contribution in [1.29, 1.82) is 0 Å². The maximum Gasteiger partial charge on any atom is 0.222 e. The molecule has 1 unspecified atom stereocenters. The van der Waals surface area contributed by atoms with Gasteiger partial charge in [-0.2, -0.15) is 0 Å². The lowest BCUT2D eigenvalue weighted by Gasteiger charge is -2.18. The summed E-state index contributed by atoms with van der Waals surface area (Å²) in [5.74, 6) is 0.751. The highest BCUT2D eigenvalue weighted by Crippen LogP contribution is 2.17. The van der Waals surface area contributed by atoms with Gasteiger partial charge in [0.15, 0.2) is 0 Å². The van der Waals surface area contributed by atoms with E-state index >= 15 is 0 Å². The topological polar surface area (TPSA) is 76.0 Å². The Balaban J connectivity index is 1.52. The van der Waals surface area contributed by atoms with Crippen LogP contribution in [-0.2, 0) is 16.1 Å². The first-order valence-electron chi connectivity index (χ1n) is 9.55. The minimum Gasteiger partial charge on any atom is -0.356 e. The number of fused-ring (bicyclic) bond motifs is 1. The number of hydrogen-bond acceptors (Lipinski definition) is 3. The average molecular weight is 378 g/mol. The summed E-state index contributed by atoms with van der Waals surface area (Å²) in [5.41, 5.74) is 3.03. The zero-order valence-corrected chi connectivity index (χ0v) is 16.3. The smallest absolute Gasteiger partial charge is 0.222 e. The summed E-state index contributed by atoms with van der Waals surface area (Å²) in [6, 6.07) is 17.3. The summed E-state index contributed by atoms with van der Waals surface area (Å²) in [7, 11) is 0. The fraction of sp³-hybridized carbons (Fsp3) is 0.318. The maximum atomic E-state index is 12.4. The molecule has 0 aliphatic heterocycles. The van der Waals surface area contributed by atoms with Gasteiger partial charge in [-0.15, -0.1) is 0 Å². The van der Waals surface area contributed by atoms with Crippen molar-refractivity contribution >= 4 is 22.8 Å². The van der Waals surface area contributed by atoms with Gasteiger partial charge >= 0.3 is 0 Å². The molecule has 0 bridgehead atoms. The highest BCUT2D eigenvalue weighted by atomic mass is 16.2. The lowest BCUT2D eigenvalue weighted by Crippen LogP contribution is -2.33. The molecule has 0 saturated carbocycles. The molecule has 1 aromatic heterocycles. The van der Waals surface area contributed by atoms with Crippen LogP contribution < -0.4 is 10.6 Å². The van der Waals surface area contributed by atoms with Crippen molar-refractivity contribution in [3.63, 3.8) is 0 Å². The molecule has 2 N–H and O–H groups in total. The fourth-order valence-corrected chi connectivity index (χ4v) is 3.38. The molecule has 0 aliphatic carbocycles. The molecular weight excluding hydrogens is 352 g/mol. The third-order valence-corrected chi connectivity index (χ3v) is 4.70. The van der Waals surface area contributed by atoms with Crippen LogP contribution >= 0.6 is 0 Å². The second-order valence-electron chi connectivity index (χ2n) is 6.87. The number of benzene rings is 2. The Hall–Kier alpha value is -3.15. The number of imidazole rings is 1. The summed E-state index contributed by atoms with van der Waals surface area (Å²) in [6.07, 6.45) is 1.03. The van der Waals surface area contributed by atoms with Gasteiger partial charge in [0, 0.05) is 20.0 Å². The molecule has 0 aliphatic rings. The van der Waals surface area contributed by atoms with Crippen molar-refractivity contribution in [1.82, 2.24) is 20.2 Å². The largest absolute Gasteiger partial charge is 0.356 e. The molecule has 1 atom stereocenters. The third kappa shape index (κ3) is 4.97. The predicted octanol–water partition coefficient (Wildman–Crippen LogP) is 3.12. The molecule has 3 rings (SSSR count). The molecule has 0 radical (unpaired) electrons. The van der Waals surface area contributed by atoms with Gasteiger partial charge in [-0.3, -0.25) is 9.59 Å². The highest BCUT2D eigenvalue weighted by Gasteiger charge is 2.16. The number of amides is 2. The summed E-state index contributed by atoms with van der Waals surface area (Å²) in [5, 5.41) is 5.82. The van der Waals surface area contributed by atoms with E-state index in [9.17, 15) is 9.59 Å². The van der Waals surface area contributed by atoms with Crippen molar-refractivity contribution in [3.8, 4) is 0 Å². The van der Waals surface area contributed by atoms with Crippen LogP contribution in [-0.4, -0.2) is 27.9 Å². The van der Waals surface area contributed by atoms with Crippen LogP contribution in [0.25, 0.3) is 11.0 Å². The minimum atomic E-state index is -0.321. The number of carbonyl (C=O) groups is 2. The number of nitrogens with one attached hydrogen (secondary N) is 2. The van der Waals surface area contributed by atoms with E-state index in [-0.39, 0.29) is 24.3 Å². The molecule has 3 aromatic rings. The Bertz CT molecular complexity index is 950. The van der Waals surface area contributed by atoms with Gasteiger partial charge in [-0.1, -0.05) is 42.5 Å². The average Bonchev–Trinajstić information content (AvgIpc) is 3.00. The maximum absolute atomic E-state index is 12.4. The Morgan fingerprint density at radius 2 is 1.79 bits per heavy atom. The van der Waals surface area contributed by atoms with Crippen LogP contribution in [0.1, 0.15) is 37.2 Å². The molecule has 0 saturated heterocycles. The van der Waals surface area contributed by atoms with Gasteiger partial charge in [0.2, 0.25) is 11.8 Å². The molecule has 28 heavy (non-hydrogen) atoms. The van der Waals surface area contributed by atoms with Crippen LogP contribution in [0.15, 0.2) is 54.6 Å². The summed E-state index contributed by atoms with van der Waals surface area (Å²) in [6.45, 7) is 4.83. The molecule has 2 amide bonds. The lowest BCUT2D eigenvalue weighted by molar-refractivity contribution is -0.122. The Morgan fingerprint density at radius 1 is 1.07 bits per heavy atom. The van der Waals surface area contributed by atoms with Gasteiger partial charge in [-0.25, -0.2) is 4.98 Å². The second kappa shape index (κ2) is 9.17. The zero-order chi connectivity index (χ0) is 19.9. The predicted molar refractivity (Wildman–Crippen MR) is 110 cm³/mol. The summed E-state index contributed by atoms with van der Waals surface area (Å²) < 4.78 is 2.17. The lowest BCUT2D eigenvalue weighted by atomic mass is 10.0. The normalized spacial score (nSPS) is 11.9. The number of rotatable bonds is 8. The van der Waals surface area contributed by atoms with Crippen LogP contribution in [0, 0.1) is 6.92 Å². The molecule has 146 valence electrons. The van der Waals surface area contributed by atoms with E-state index in [0.717, 1.165) is 35.4 Å². The Labute approximate surface area is 165 Å². The van der Waals surface area contributed by atoms with Crippen molar-refractivity contribution < 1.29 is 9.59 Å². The summed E-state index contributed by atoms with van der Waals surface area (Å²) >= 11 is 0. The van der Waals surface area contributed by atoms with E-state index in [0.29, 0.717) is 6.54 Å². The molecule has 1 heterocycles. The zero-order valence-electron chi connectivity index (χ0n) is 16.3. The highest BCUT2D eigenvalue weighted by molar-refractivity contribution is 5.79. The van der Waals surface area contributed by atoms with Gasteiger partial charge in [0.1, 0.15) is 5.82 Å². The van der Waals surface area contributed by atoms with E-state index < -0.39 is 0 Å². The minimum absolute atomic E-state index is 0.0742. The van der Waals surface area contributed by atoms with Gasteiger partial charge in [0.05, 0.1) is 23.5 Å². The van der Waals surface area contributed by atoms with Crippen molar-refractivity contribution in [2.24, 2.45) is 0 Å².